The van der Waals surface area contributed by atoms with Crippen molar-refractivity contribution in [2.24, 2.45) is 0 Å². The molecule has 0 aliphatic carbocycles. The highest BCUT2D eigenvalue weighted by molar-refractivity contribution is 6.06. The number of nitrogens with one attached hydrogen (secondary N) is 1. The lowest BCUT2D eigenvalue weighted by Crippen LogP contribution is -2.20. The van der Waals surface area contributed by atoms with Crippen LogP contribution in [0.15, 0.2) is 54.6 Å². The van der Waals surface area contributed by atoms with Gasteiger partial charge in [-0.05, 0) is 37.6 Å². The fraction of sp³-hybridized carbons (Fsp3) is 0.227. The summed E-state index contributed by atoms with van der Waals surface area (Å²) in [7, 11) is 4.02. The van der Waals surface area contributed by atoms with Crippen molar-refractivity contribution in [3.63, 3.8) is 0 Å². The molecule has 0 unspecified atom stereocenters. The van der Waals surface area contributed by atoms with Crippen molar-refractivity contribution in [1.82, 2.24) is 0 Å². The first-order valence-electron chi connectivity index (χ1n) is 8.64. The number of ether oxygens (including phenoxy) is 1. The van der Waals surface area contributed by atoms with Gasteiger partial charge in [-0.25, -0.2) is 0 Å². The van der Waals surface area contributed by atoms with Crippen LogP contribution in [0.5, 0.6) is 5.75 Å². The van der Waals surface area contributed by atoms with Crippen LogP contribution in [0.1, 0.15) is 11.1 Å². The van der Waals surface area contributed by atoms with E-state index in [9.17, 15) is 4.79 Å². The third-order valence-corrected chi connectivity index (χ3v) is 4.35. The first-order chi connectivity index (χ1) is 12.5. The van der Waals surface area contributed by atoms with Crippen molar-refractivity contribution in [3.8, 4) is 5.75 Å². The van der Waals surface area contributed by atoms with E-state index >= 15 is 0 Å². The Balaban J connectivity index is 1.76. The van der Waals surface area contributed by atoms with Crippen LogP contribution >= 0.6 is 0 Å². The molecular weight excluding hydrogens is 324 g/mol. The Bertz CT molecular complexity index is 948. The third-order valence-electron chi connectivity index (χ3n) is 4.35. The molecule has 1 amide bonds. The number of carbonyl (C=O) groups excluding carboxylic acids is 1. The van der Waals surface area contributed by atoms with E-state index < -0.39 is 0 Å². The number of hydrogen-bond donors (Lipinski definition) is 1. The Kier molecular flexibility index (Phi) is 5.12. The molecule has 3 rings (SSSR count). The van der Waals surface area contributed by atoms with E-state index in [1.165, 1.54) is 5.56 Å². The van der Waals surface area contributed by atoms with Crippen molar-refractivity contribution < 1.29 is 9.53 Å². The number of fused-ring (bicyclic) bond motifs is 1. The topological polar surface area (TPSA) is 41.6 Å². The summed E-state index contributed by atoms with van der Waals surface area (Å²) in [5.74, 6) is 0.561. The molecule has 134 valence electrons. The van der Waals surface area contributed by atoms with Gasteiger partial charge < -0.3 is 15.0 Å². The van der Waals surface area contributed by atoms with Gasteiger partial charge in [-0.2, -0.15) is 0 Å². The fourth-order valence-corrected chi connectivity index (χ4v) is 3.07. The lowest BCUT2D eigenvalue weighted by Gasteiger charge is -2.18. The normalized spacial score (nSPS) is 10.6. The van der Waals surface area contributed by atoms with Crippen molar-refractivity contribution in [2.75, 3.05) is 30.9 Å². The second-order valence-electron chi connectivity index (χ2n) is 6.68. The monoisotopic (exact) mass is 348 g/mol. The lowest BCUT2D eigenvalue weighted by molar-refractivity contribution is -0.118. The molecule has 1 N–H and O–H groups in total. The molecule has 0 aliphatic rings. The minimum atomic E-state index is -0.173. The number of rotatable bonds is 5. The van der Waals surface area contributed by atoms with Gasteiger partial charge in [0.2, 0.25) is 0 Å². The fourth-order valence-electron chi connectivity index (χ4n) is 3.07. The van der Waals surface area contributed by atoms with Gasteiger partial charge in [0.05, 0.1) is 0 Å². The first kappa shape index (κ1) is 17.8. The molecule has 4 heteroatoms. The van der Waals surface area contributed by atoms with Gasteiger partial charge in [0, 0.05) is 36.2 Å². The molecule has 4 nitrogen and oxygen atoms in total. The van der Waals surface area contributed by atoms with Crippen LogP contribution in [-0.2, 0) is 4.79 Å². The number of amides is 1. The summed E-state index contributed by atoms with van der Waals surface area (Å²) >= 11 is 0. The number of carbonyl (C=O) groups is 1. The molecular formula is C22H24N2O2. The maximum atomic E-state index is 12.4. The van der Waals surface area contributed by atoms with Crippen molar-refractivity contribution in [1.29, 1.82) is 0 Å². The summed E-state index contributed by atoms with van der Waals surface area (Å²) < 4.78 is 5.68. The standard InChI is InChI=1S/C22H24N2O2/c1-15-9-12-21(16(2)13-15)26-14-22(25)23-19-10-11-20(24(3)4)18-8-6-5-7-17(18)19/h5-13H,14H2,1-4H3,(H,23,25). The van der Waals surface area contributed by atoms with Crippen LogP contribution in [-0.4, -0.2) is 26.6 Å². The summed E-state index contributed by atoms with van der Waals surface area (Å²) in [5, 5.41) is 5.08. The van der Waals surface area contributed by atoms with Gasteiger partial charge in [-0.3, -0.25) is 4.79 Å². The van der Waals surface area contributed by atoms with Gasteiger partial charge in [0.15, 0.2) is 6.61 Å². The summed E-state index contributed by atoms with van der Waals surface area (Å²) in [6.45, 7) is 3.99. The zero-order valence-corrected chi connectivity index (χ0v) is 15.7. The molecule has 0 heterocycles. The van der Waals surface area contributed by atoms with Crippen LogP contribution in [0.2, 0.25) is 0 Å². The highest BCUT2D eigenvalue weighted by atomic mass is 16.5. The Morgan fingerprint density at radius 3 is 2.42 bits per heavy atom. The van der Waals surface area contributed by atoms with E-state index in [1.807, 2.05) is 76.5 Å². The first-order valence-corrected chi connectivity index (χ1v) is 8.64. The van der Waals surface area contributed by atoms with Crippen LogP contribution < -0.4 is 15.0 Å². The second-order valence-corrected chi connectivity index (χ2v) is 6.68. The molecule has 0 atom stereocenters. The summed E-state index contributed by atoms with van der Waals surface area (Å²) in [6.07, 6.45) is 0. The molecule has 0 saturated heterocycles. The van der Waals surface area contributed by atoms with Crippen molar-refractivity contribution in [3.05, 3.63) is 65.7 Å². The number of aryl methyl sites for hydroxylation is 2. The molecule has 0 radical (unpaired) electrons. The highest BCUT2D eigenvalue weighted by Gasteiger charge is 2.11. The van der Waals surface area contributed by atoms with Crippen LogP contribution in [0.25, 0.3) is 10.8 Å². The Morgan fingerprint density at radius 1 is 1.00 bits per heavy atom. The Morgan fingerprint density at radius 2 is 1.73 bits per heavy atom. The van der Waals surface area contributed by atoms with Gasteiger partial charge in [0.1, 0.15) is 5.75 Å². The average Bonchev–Trinajstić information content (AvgIpc) is 2.61. The maximum absolute atomic E-state index is 12.4. The van der Waals surface area contributed by atoms with Crippen molar-refractivity contribution in [2.45, 2.75) is 13.8 Å². The summed E-state index contributed by atoms with van der Waals surface area (Å²) in [6, 6.07) is 17.9. The Labute approximate surface area is 154 Å². The number of hydrogen-bond acceptors (Lipinski definition) is 3. The van der Waals surface area contributed by atoms with Crippen LogP contribution in [0.4, 0.5) is 11.4 Å². The van der Waals surface area contributed by atoms with E-state index in [-0.39, 0.29) is 12.5 Å². The molecule has 26 heavy (non-hydrogen) atoms. The van der Waals surface area contributed by atoms with E-state index in [1.54, 1.807) is 0 Å². The van der Waals surface area contributed by atoms with E-state index in [0.717, 1.165) is 33.5 Å². The summed E-state index contributed by atoms with van der Waals surface area (Å²) in [5.41, 5.74) is 4.11. The molecule has 3 aromatic rings. The number of anilines is 2. The van der Waals surface area contributed by atoms with E-state index in [2.05, 4.69) is 16.3 Å². The molecule has 0 spiro atoms. The molecule has 0 saturated carbocycles. The van der Waals surface area contributed by atoms with Gasteiger partial charge >= 0.3 is 0 Å². The molecule has 0 aromatic heterocycles. The minimum Gasteiger partial charge on any atom is -0.483 e. The molecule has 0 fully saturated rings. The van der Waals surface area contributed by atoms with Gasteiger partial charge in [0.25, 0.3) is 5.91 Å². The van der Waals surface area contributed by atoms with Crippen LogP contribution in [0.3, 0.4) is 0 Å². The lowest BCUT2D eigenvalue weighted by atomic mass is 10.1. The Hall–Kier alpha value is -3.01. The smallest absolute Gasteiger partial charge is 0.262 e. The van der Waals surface area contributed by atoms with Gasteiger partial charge in [-0.15, -0.1) is 0 Å². The average molecular weight is 348 g/mol. The molecule has 0 bridgehead atoms. The predicted molar refractivity (Wildman–Crippen MR) is 108 cm³/mol. The number of benzene rings is 3. The molecule has 0 aliphatic heterocycles. The van der Waals surface area contributed by atoms with E-state index in [4.69, 9.17) is 4.74 Å². The number of nitrogens with zero attached hydrogens (tertiary/aromatic N) is 1. The van der Waals surface area contributed by atoms with Crippen molar-refractivity contribution >= 4 is 28.1 Å². The zero-order chi connectivity index (χ0) is 18.7. The summed E-state index contributed by atoms with van der Waals surface area (Å²) in [4.78, 5) is 14.4. The minimum absolute atomic E-state index is 0.0202. The van der Waals surface area contributed by atoms with Crippen LogP contribution in [0, 0.1) is 13.8 Å². The largest absolute Gasteiger partial charge is 0.483 e. The molecule has 3 aromatic carbocycles. The maximum Gasteiger partial charge on any atom is 0.262 e. The highest BCUT2D eigenvalue weighted by Crippen LogP contribution is 2.31. The third kappa shape index (κ3) is 3.80. The van der Waals surface area contributed by atoms with Gasteiger partial charge in [-0.1, -0.05) is 42.0 Å². The SMILES string of the molecule is Cc1ccc(OCC(=O)Nc2ccc(N(C)C)c3ccccc23)c(C)c1. The second kappa shape index (κ2) is 7.48. The van der Waals surface area contributed by atoms with E-state index in [0.29, 0.717) is 0 Å². The quantitative estimate of drug-likeness (QED) is 0.736. The predicted octanol–water partition coefficient (Wildman–Crippen LogP) is 4.54. The zero-order valence-electron chi connectivity index (χ0n) is 15.7.